The van der Waals surface area contributed by atoms with E-state index in [1.807, 2.05) is 19.1 Å². The van der Waals surface area contributed by atoms with Crippen molar-refractivity contribution in [2.75, 3.05) is 18.2 Å². The third-order valence-electron chi connectivity index (χ3n) is 4.86. The van der Waals surface area contributed by atoms with Gasteiger partial charge in [0.1, 0.15) is 10.8 Å². The Labute approximate surface area is 182 Å². The third kappa shape index (κ3) is 4.23. The minimum atomic E-state index is -4.17. The van der Waals surface area contributed by atoms with Crippen molar-refractivity contribution in [3.05, 3.63) is 45.8 Å². The summed E-state index contributed by atoms with van der Waals surface area (Å²) in [6, 6.07) is 7.13. The number of carbonyl (C=O) groups is 2. The molecule has 9 nitrogen and oxygen atoms in total. The summed E-state index contributed by atoms with van der Waals surface area (Å²) in [5, 5.41) is 9.55. The summed E-state index contributed by atoms with van der Waals surface area (Å²) in [5.41, 5.74) is 2.75. The van der Waals surface area contributed by atoms with E-state index < -0.39 is 32.7 Å². The first-order valence-electron chi connectivity index (χ1n) is 9.44. The van der Waals surface area contributed by atoms with Crippen LogP contribution in [0.2, 0.25) is 0 Å². The molecule has 1 aliphatic rings. The molecule has 1 amide bonds. The number of benzene rings is 1. The molecule has 3 aromatic rings. The molecule has 0 saturated heterocycles. The van der Waals surface area contributed by atoms with Gasteiger partial charge in [-0.1, -0.05) is 22.8 Å². The lowest BCUT2D eigenvalue weighted by Gasteiger charge is -2.06. The number of amides is 1. The Morgan fingerprint density at radius 2 is 1.94 bits per heavy atom. The molecular formula is C20H19N3O6S2. The average Bonchev–Trinajstić information content (AvgIpc) is 3.43. The largest absolute Gasteiger partial charge is 0.465 e. The van der Waals surface area contributed by atoms with Crippen LogP contribution in [0.1, 0.15) is 32.8 Å². The van der Waals surface area contributed by atoms with Crippen LogP contribution in [-0.4, -0.2) is 43.4 Å². The van der Waals surface area contributed by atoms with Crippen molar-refractivity contribution in [3.63, 3.8) is 0 Å². The summed E-state index contributed by atoms with van der Waals surface area (Å²) in [6.07, 6.45) is 2.45. The van der Waals surface area contributed by atoms with E-state index in [1.165, 1.54) is 18.4 Å². The molecule has 11 heteroatoms. The van der Waals surface area contributed by atoms with Gasteiger partial charge in [-0.25, -0.2) is 13.2 Å². The van der Waals surface area contributed by atoms with Crippen LogP contribution in [0.25, 0.3) is 11.5 Å². The Kier molecular flexibility index (Phi) is 5.63. The Morgan fingerprint density at radius 1 is 1.19 bits per heavy atom. The zero-order chi connectivity index (χ0) is 22.2. The molecule has 162 valence electrons. The quantitative estimate of drug-likeness (QED) is 0.555. The Balaban J connectivity index is 1.52. The van der Waals surface area contributed by atoms with Crippen LogP contribution in [0.5, 0.6) is 0 Å². The van der Waals surface area contributed by atoms with Crippen molar-refractivity contribution < 1.29 is 27.2 Å². The molecule has 1 aromatic carbocycles. The van der Waals surface area contributed by atoms with Crippen molar-refractivity contribution in [2.24, 2.45) is 0 Å². The van der Waals surface area contributed by atoms with Crippen LogP contribution >= 0.6 is 11.3 Å². The van der Waals surface area contributed by atoms with E-state index in [4.69, 9.17) is 9.15 Å². The number of thiophene rings is 1. The van der Waals surface area contributed by atoms with E-state index >= 15 is 0 Å². The molecule has 2 aromatic heterocycles. The highest BCUT2D eigenvalue weighted by Crippen LogP contribution is 2.39. The summed E-state index contributed by atoms with van der Waals surface area (Å²) in [6.45, 7) is 1.92. The number of ether oxygens (including phenoxy) is 1. The number of rotatable bonds is 6. The minimum absolute atomic E-state index is 0.0432. The van der Waals surface area contributed by atoms with Crippen molar-refractivity contribution in [1.82, 2.24) is 10.2 Å². The zero-order valence-corrected chi connectivity index (χ0v) is 18.4. The van der Waals surface area contributed by atoms with Gasteiger partial charge in [0, 0.05) is 10.4 Å². The molecule has 0 radical (unpaired) electrons. The number of fused-ring (bicyclic) bond motifs is 1. The maximum atomic E-state index is 12.6. The van der Waals surface area contributed by atoms with Gasteiger partial charge in [-0.2, -0.15) is 0 Å². The van der Waals surface area contributed by atoms with E-state index in [0.717, 1.165) is 28.8 Å². The van der Waals surface area contributed by atoms with E-state index in [9.17, 15) is 18.0 Å². The first-order valence-corrected chi connectivity index (χ1v) is 11.9. The number of anilines is 1. The maximum absolute atomic E-state index is 12.6. The molecule has 1 aliphatic carbocycles. The van der Waals surface area contributed by atoms with Gasteiger partial charge in [0.2, 0.25) is 21.6 Å². The summed E-state index contributed by atoms with van der Waals surface area (Å²) < 4.78 is 35.3. The van der Waals surface area contributed by atoms with Gasteiger partial charge in [0.25, 0.3) is 0 Å². The molecule has 1 N–H and O–H groups in total. The second-order valence-electron chi connectivity index (χ2n) is 7.10. The van der Waals surface area contributed by atoms with Crippen molar-refractivity contribution in [3.8, 4) is 11.5 Å². The van der Waals surface area contributed by atoms with Crippen LogP contribution in [0.4, 0.5) is 5.00 Å². The van der Waals surface area contributed by atoms with Crippen molar-refractivity contribution >= 4 is 38.1 Å². The van der Waals surface area contributed by atoms with Gasteiger partial charge in [-0.05, 0) is 43.9 Å². The second kappa shape index (κ2) is 8.23. The number of hydrogen-bond donors (Lipinski definition) is 1. The van der Waals surface area contributed by atoms with Gasteiger partial charge in [0.15, 0.2) is 0 Å². The number of aromatic nitrogens is 2. The predicted octanol–water partition coefficient (Wildman–Crippen LogP) is 2.79. The van der Waals surface area contributed by atoms with Crippen LogP contribution < -0.4 is 5.32 Å². The standard InChI is InChI=1S/C20H19N3O6S2/c1-11-6-8-12(9-7-11)17-22-23-20(29-17)31(26,27)10-15(24)21-18-16(19(25)28-2)13-4-3-5-14(13)30-18/h6-9H,3-5,10H2,1-2H3,(H,21,24). The maximum Gasteiger partial charge on any atom is 0.341 e. The number of hydrogen-bond acceptors (Lipinski definition) is 9. The average molecular weight is 462 g/mol. The number of nitrogens with one attached hydrogen (secondary N) is 1. The fourth-order valence-electron chi connectivity index (χ4n) is 3.36. The fraction of sp³-hybridized carbons (Fsp3) is 0.300. The first-order chi connectivity index (χ1) is 14.8. The molecule has 2 heterocycles. The summed E-state index contributed by atoms with van der Waals surface area (Å²) in [4.78, 5) is 25.7. The second-order valence-corrected chi connectivity index (χ2v) is 10.1. The number of sulfone groups is 1. The van der Waals surface area contributed by atoms with Gasteiger partial charge >= 0.3 is 11.2 Å². The predicted molar refractivity (Wildman–Crippen MR) is 113 cm³/mol. The van der Waals surface area contributed by atoms with Gasteiger partial charge in [-0.3, -0.25) is 4.79 Å². The first kappa shape index (κ1) is 21.2. The van der Waals surface area contributed by atoms with E-state index in [-0.39, 0.29) is 5.89 Å². The normalized spacial score (nSPS) is 13.1. The van der Waals surface area contributed by atoms with E-state index in [2.05, 4.69) is 15.5 Å². The molecule has 31 heavy (non-hydrogen) atoms. The molecule has 0 fully saturated rings. The lowest BCUT2D eigenvalue weighted by molar-refractivity contribution is -0.113. The molecular weight excluding hydrogens is 442 g/mol. The number of nitrogens with zero attached hydrogens (tertiary/aromatic N) is 2. The van der Waals surface area contributed by atoms with Crippen LogP contribution in [0.3, 0.4) is 0 Å². The van der Waals surface area contributed by atoms with Gasteiger partial charge in [0.05, 0.1) is 12.7 Å². The Bertz CT molecular complexity index is 1260. The summed E-state index contributed by atoms with van der Waals surface area (Å²) in [5.74, 6) is -2.22. The van der Waals surface area contributed by atoms with Crippen LogP contribution in [-0.2, 0) is 32.2 Å². The minimum Gasteiger partial charge on any atom is -0.465 e. The Morgan fingerprint density at radius 3 is 2.65 bits per heavy atom. The summed E-state index contributed by atoms with van der Waals surface area (Å²) >= 11 is 1.27. The summed E-state index contributed by atoms with van der Waals surface area (Å²) in [7, 11) is -2.91. The molecule has 0 aliphatic heterocycles. The number of methoxy groups -OCH3 is 1. The molecule has 0 spiro atoms. The van der Waals surface area contributed by atoms with Gasteiger partial charge in [-0.15, -0.1) is 16.4 Å². The SMILES string of the molecule is COC(=O)c1c(NC(=O)CS(=O)(=O)c2nnc(-c3ccc(C)cc3)o2)sc2c1CCC2. The molecule has 0 saturated carbocycles. The van der Waals surface area contributed by atoms with E-state index in [0.29, 0.717) is 22.5 Å². The molecule has 0 bridgehead atoms. The molecule has 0 atom stereocenters. The topological polar surface area (TPSA) is 128 Å². The zero-order valence-electron chi connectivity index (χ0n) is 16.8. The highest BCUT2D eigenvalue weighted by Gasteiger charge is 2.30. The lowest BCUT2D eigenvalue weighted by atomic mass is 10.1. The highest BCUT2D eigenvalue weighted by molar-refractivity contribution is 7.91. The highest BCUT2D eigenvalue weighted by atomic mass is 32.2. The smallest absolute Gasteiger partial charge is 0.341 e. The van der Waals surface area contributed by atoms with Crippen LogP contribution in [0, 0.1) is 6.92 Å². The lowest BCUT2D eigenvalue weighted by Crippen LogP contribution is -2.24. The van der Waals surface area contributed by atoms with Gasteiger partial charge < -0.3 is 14.5 Å². The number of aryl methyl sites for hydroxylation is 2. The van der Waals surface area contributed by atoms with Crippen molar-refractivity contribution in [1.29, 1.82) is 0 Å². The molecule has 4 rings (SSSR count). The van der Waals surface area contributed by atoms with Crippen molar-refractivity contribution in [2.45, 2.75) is 31.4 Å². The van der Waals surface area contributed by atoms with Crippen LogP contribution in [0.15, 0.2) is 33.9 Å². The monoisotopic (exact) mass is 461 g/mol. The number of carbonyl (C=O) groups excluding carboxylic acids is 2. The van der Waals surface area contributed by atoms with E-state index in [1.54, 1.807) is 12.1 Å². The fourth-order valence-corrected chi connectivity index (χ4v) is 5.56. The third-order valence-corrected chi connectivity index (χ3v) is 7.40. The molecule has 0 unspecified atom stereocenters. The Hall–Kier alpha value is -3.05. The number of esters is 1.